The molecule has 0 radical (unpaired) electrons. The maximum absolute atomic E-state index is 11.7. The van der Waals surface area contributed by atoms with Gasteiger partial charge in [0.05, 0.1) is 6.10 Å². The minimum atomic E-state index is -0.398. The zero-order valence-electron chi connectivity index (χ0n) is 9.30. The number of rotatable bonds is 3. The molecule has 92 valence electrons. The number of hydrogen-bond acceptors (Lipinski definition) is 3. The number of β-amino-alcohol motifs (C(OH)–C–C–N with tert-alkyl or cyclic N) is 1. The van der Waals surface area contributed by atoms with Gasteiger partial charge >= 0.3 is 0 Å². The monoisotopic (exact) mass is 255 g/mol. The second kappa shape index (κ2) is 5.38. The third-order valence-corrected chi connectivity index (χ3v) is 2.91. The minimum absolute atomic E-state index is 0.0208. The van der Waals surface area contributed by atoms with E-state index in [4.69, 9.17) is 16.3 Å². The van der Waals surface area contributed by atoms with E-state index in [1.54, 1.807) is 29.2 Å². The average molecular weight is 256 g/mol. The van der Waals surface area contributed by atoms with E-state index >= 15 is 0 Å². The molecule has 1 aliphatic rings. The first-order valence-electron chi connectivity index (χ1n) is 5.49. The molecule has 17 heavy (non-hydrogen) atoms. The molecule has 1 amide bonds. The summed E-state index contributed by atoms with van der Waals surface area (Å²) in [5, 5.41) is 9.89. The molecule has 1 heterocycles. The van der Waals surface area contributed by atoms with Crippen LogP contribution < -0.4 is 4.74 Å². The zero-order chi connectivity index (χ0) is 12.3. The normalized spacial score (nSPS) is 19.4. The van der Waals surface area contributed by atoms with Gasteiger partial charge in [-0.15, -0.1) is 0 Å². The van der Waals surface area contributed by atoms with Gasteiger partial charge < -0.3 is 14.7 Å². The molecule has 1 aliphatic heterocycles. The number of amides is 1. The van der Waals surface area contributed by atoms with Gasteiger partial charge in [-0.1, -0.05) is 17.7 Å². The molecule has 5 heteroatoms. The number of likely N-dealkylation sites (tertiary alicyclic amines) is 1. The van der Waals surface area contributed by atoms with Gasteiger partial charge in [0.2, 0.25) is 0 Å². The van der Waals surface area contributed by atoms with Crippen molar-refractivity contribution in [1.29, 1.82) is 0 Å². The number of aliphatic hydroxyl groups is 1. The molecular formula is C12H14ClNO3. The van der Waals surface area contributed by atoms with Crippen LogP contribution >= 0.6 is 11.6 Å². The number of carbonyl (C=O) groups is 1. The topological polar surface area (TPSA) is 49.8 Å². The fourth-order valence-electron chi connectivity index (χ4n) is 1.76. The summed E-state index contributed by atoms with van der Waals surface area (Å²) < 4.78 is 5.34. The smallest absolute Gasteiger partial charge is 0.260 e. The zero-order valence-corrected chi connectivity index (χ0v) is 10.1. The number of nitrogens with zero attached hydrogens (tertiary/aromatic N) is 1. The Kier molecular flexibility index (Phi) is 3.86. The molecule has 0 spiro atoms. The van der Waals surface area contributed by atoms with Gasteiger partial charge in [0.25, 0.3) is 5.91 Å². The van der Waals surface area contributed by atoms with Crippen LogP contribution in [0.4, 0.5) is 0 Å². The Balaban J connectivity index is 1.84. The highest BCUT2D eigenvalue weighted by Crippen LogP contribution is 2.17. The second-order valence-corrected chi connectivity index (χ2v) is 4.46. The average Bonchev–Trinajstić information content (AvgIpc) is 2.73. The summed E-state index contributed by atoms with van der Waals surface area (Å²) in [7, 11) is 0. The lowest BCUT2D eigenvalue weighted by Gasteiger charge is -2.15. The number of halogens is 1. The fourth-order valence-corrected chi connectivity index (χ4v) is 1.94. The van der Waals surface area contributed by atoms with E-state index < -0.39 is 6.10 Å². The largest absolute Gasteiger partial charge is 0.484 e. The maximum Gasteiger partial charge on any atom is 0.260 e. The van der Waals surface area contributed by atoms with Gasteiger partial charge in [0.1, 0.15) is 5.75 Å². The third kappa shape index (κ3) is 3.35. The predicted molar refractivity (Wildman–Crippen MR) is 64.2 cm³/mol. The van der Waals surface area contributed by atoms with Gasteiger partial charge in [0, 0.05) is 18.1 Å². The fraction of sp³-hybridized carbons (Fsp3) is 0.417. The van der Waals surface area contributed by atoms with Crippen molar-refractivity contribution >= 4 is 17.5 Å². The van der Waals surface area contributed by atoms with Crippen molar-refractivity contribution in [2.45, 2.75) is 12.5 Å². The molecule has 1 fully saturated rings. The summed E-state index contributed by atoms with van der Waals surface area (Å²) >= 11 is 5.80. The van der Waals surface area contributed by atoms with Gasteiger partial charge in [-0.25, -0.2) is 0 Å². The lowest BCUT2D eigenvalue weighted by molar-refractivity contribution is -0.132. The lowest BCUT2D eigenvalue weighted by atomic mass is 10.3. The van der Waals surface area contributed by atoms with Crippen molar-refractivity contribution in [3.05, 3.63) is 29.3 Å². The molecule has 0 aliphatic carbocycles. The van der Waals surface area contributed by atoms with Gasteiger partial charge in [-0.3, -0.25) is 4.79 Å². The number of ether oxygens (including phenoxy) is 1. The summed E-state index contributed by atoms with van der Waals surface area (Å²) in [5.74, 6) is 0.465. The first kappa shape index (κ1) is 12.2. The van der Waals surface area contributed by atoms with Gasteiger partial charge in [-0.2, -0.15) is 0 Å². The second-order valence-electron chi connectivity index (χ2n) is 4.03. The summed E-state index contributed by atoms with van der Waals surface area (Å²) in [6.45, 7) is 0.976. The number of aliphatic hydroxyl groups excluding tert-OH is 1. The van der Waals surface area contributed by atoms with Crippen LogP contribution in [0.15, 0.2) is 24.3 Å². The highest BCUT2D eigenvalue weighted by atomic mass is 35.5. The third-order valence-electron chi connectivity index (χ3n) is 2.67. The SMILES string of the molecule is O=C(COc1cccc(Cl)c1)N1CC[C@H](O)C1. The van der Waals surface area contributed by atoms with Crippen LogP contribution in [0.3, 0.4) is 0 Å². The van der Waals surface area contributed by atoms with Gasteiger partial charge in [-0.05, 0) is 24.6 Å². The maximum atomic E-state index is 11.7. The molecule has 1 aromatic carbocycles. The molecule has 1 atom stereocenters. The molecule has 1 aromatic rings. The van der Waals surface area contributed by atoms with E-state index in [0.29, 0.717) is 30.3 Å². The molecule has 1 N–H and O–H groups in total. The van der Waals surface area contributed by atoms with Crippen LogP contribution in [0.25, 0.3) is 0 Å². The molecule has 4 nitrogen and oxygen atoms in total. The van der Waals surface area contributed by atoms with Gasteiger partial charge in [0.15, 0.2) is 6.61 Å². The van der Waals surface area contributed by atoms with Crippen molar-refractivity contribution in [2.75, 3.05) is 19.7 Å². The van der Waals surface area contributed by atoms with Crippen LogP contribution in [-0.2, 0) is 4.79 Å². The summed E-state index contributed by atoms with van der Waals surface area (Å²) in [4.78, 5) is 13.3. The molecule has 0 bridgehead atoms. The highest BCUT2D eigenvalue weighted by molar-refractivity contribution is 6.30. The van der Waals surface area contributed by atoms with E-state index in [1.807, 2.05) is 0 Å². The highest BCUT2D eigenvalue weighted by Gasteiger charge is 2.24. The Labute approximate surface area is 105 Å². The minimum Gasteiger partial charge on any atom is -0.484 e. The molecule has 0 unspecified atom stereocenters. The Bertz CT molecular complexity index is 410. The Morgan fingerprint density at radius 1 is 1.59 bits per heavy atom. The summed E-state index contributed by atoms with van der Waals surface area (Å²) in [6, 6.07) is 6.92. The first-order chi connectivity index (χ1) is 8.15. The van der Waals surface area contributed by atoms with E-state index in [1.165, 1.54) is 0 Å². The van der Waals surface area contributed by atoms with Crippen molar-refractivity contribution in [3.8, 4) is 5.75 Å². The Morgan fingerprint density at radius 3 is 3.06 bits per heavy atom. The molecule has 0 saturated carbocycles. The molecule has 0 aromatic heterocycles. The number of carbonyl (C=O) groups excluding carboxylic acids is 1. The lowest BCUT2D eigenvalue weighted by Crippen LogP contribution is -2.33. The van der Waals surface area contributed by atoms with Crippen LogP contribution in [0.5, 0.6) is 5.75 Å². The quantitative estimate of drug-likeness (QED) is 0.886. The van der Waals surface area contributed by atoms with E-state index in [9.17, 15) is 9.90 Å². The van der Waals surface area contributed by atoms with Crippen LogP contribution in [0.1, 0.15) is 6.42 Å². The van der Waals surface area contributed by atoms with E-state index in [2.05, 4.69) is 0 Å². The summed E-state index contributed by atoms with van der Waals surface area (Å²) in [6.07, 6.45) is 0.244. The van der Waals surface area contributed by atoms with Crippen molar-refractivity contribution in [3.63, 3.8) is 0 Å². The van der Waals surface area contributed by atoms with Crippen LogP contribution in [-0.4, -0.2) is 41.7 Å². The number of benzene rings is 1. The first-order valence-corrected chi connectivity index (χ1v) is 5.87. The molecule has 1 saturated heterocycles. The van der Waals surface area contributed by atoms with Crippen molar-refractivity contribution in [1.82, 2.24) is 4.90 Å². The van der Waals surface area contributed by atoms with Crippen LogP contribution in [0.2, 0.25) is 5.02 Å². The Morgan fingerprint density at radius 2 is 2.41 bits per heavy atom. The van der Waals surface area contributed by atoms with E-state index in [-0.39, 0.29) is 12.5 Å². The standard InChI is InChI=1S/C12H14ClNO3/c13-9-2-1-3-11(6-9)17-8-12(16)14-5-4-10(15)7-14/h1-3,6,10,15H,4-5,7-8H2/t10-/m0/s1. The van der Waals surface area contributed by atoms with Crippen molar-refractivity contribution < 1.29 is 14.6 Å². The molecular weight excluding hydrogens is 242 g/mol. The molecule has 2 rings (SSSR count). The van der Waals surface area contributed by atoms with E-state index in [0.717, 1.165) is 0 Å². The Hall–Kier alpha value is -1.26. The summed E-state index contributed by atoms with van der Waals surface area (Å²) in [5.41, 5.74) is 0. The number of hydrogen-bond donors (Lipinski definition) is 1. The predicted octanol–water partition coefficient (Wildman–Crippen LogP) is 1.31. The van der Waals surface area contributed by atoms with Crippen molar-refractivity contribution in [2.24, 2.45) is 0 Å². The van der Waals surface area contributed by atoms with Crippen LogP contribution in [0, 0.1) is 0 Å².